The fourth-order valence-corrected chi connectivity index (χ4v) is 0.977. The molecular weight excluding hydrogens is 190 g/mol. The highest BCUT2D eigenvalue weighted by atomic mass is 16.6. The van der Waals surface area contributed by atoms with Gasteiger partial charge in [0.05, 0.1) is 0 Å². The van der Waals surface area contributed by atoms with E-state index in [2.05, 4.69) is 11.6 Å². The van der Waals surface area contributed by atoms with E-state index >= 15 is 0 Å². The summed E-state index contributed by atoms with van der Waals surface area (Å²) in [6, 6.07) is 3.41. The van der Waals surface area contributed by atoms with Crippen LogP contribution in [0.3, 0.4) is 0 Å². The van der Waals surface area contributed by atoms with Crippen LogP contribution in [-0.2, 0) is 4.74 Å². The lowest BCUT2D eigenvalue weighted by molar-refractivity contribution is 0.00629. The van der Waals surface area contributed by atoms with Crippen molar-refractivity contribution in [2.75, 3.05) is 0 Å². The Morgan fingerprint density at radius 3 is 2.53 bits per heavy atom. The Balaban J connectivity index is 2.79. The molecule has 1 aromatic rings. The fraction of sp³-hybridized carbons (Fsp3) is 0.333. The van der Waals surface area contributed by atoms with Crippen LogP contribution in [0, 0.1) is 0 Å². The zero-order valence-electron chi connectivity index (χ0n) is 9.28. The summed E-state index contributed by atoms with van der Waals surface area (Å²) < 4.78 is 5.17. The number of rotatable bonds is 2. The van der Waals surface area contributed by atoms with Gasteiger partial charge in [-0.05, 0) is 32.4 Å². The number of aromatic nitrogens is 1. The normalized spacial score (nSPS) is 10.9. The lowest BCUT2D eigenvalue weighted by Crippen LogP contribution is -2.24. The number of pyridine rings is 1. The second-order valence-corrected chi connectivity index (χ2v) is 4.18. The lowest BCUT2D eigenvalue weighted by atomic mass is 10.2. The number of carbonyl (C=O) groups excluding carboxylic acids is 1. The summed E-state index contributed by atoms with van der Waals surface area (Å²) >= 11 is 0. The number of esters is 1. The van der Waals surface area contributed by atoms with Crippen molar-refractivity contribution in [1.82, 2.24) is 4.98 Å². The summed E-state index contributed by atoms with van der Waals surface area (Å²) in [5, 5.41) is 0. The molecule has 0 saturated heterocycles. The van der Waals surface area contributed by atoms with E-state index in [0.717, 1.165) is 5.56 Å². The SMILES string of the molecule is C=Cc1ccc(C(=O)OC(C)(C)C)nc1. The van der Waals surface area contributed by atoms with Crippen molar-refractivity contribution in [3.05, 3.63) is 36.2 Å². The molecule has 0 amide bonds. The standard InChI is InChI=1S/C12H15NO2/c1-5-9-6-7-10(13-8-9)11(14)15-12(2,3)4/h5-8H,1H2,2-4H3. The average molecular weight is 205 g/mol. The van der Waals surface area contributed by atoms with Crippen LogP contribution >= 0.6 is 0 Å². The summed E-state index contributed by atoms with van der Waals surface area (Å²) in [6.07, 6.45) is 3.26. The maximum absolute atomic E-state index is 11.5. The molecular formula is C12H15NO2. The van der Waals surface area contributed by atoms with Gasteiger partial charge >= 0.3 is 5.97 Å². The third-order valence-corrected chi connectivity index (χ3v) is 1.63. The van der Waals surface area contributed by atoms with Gasteiger partial charge in [0.1, 0.15) is 11.3 Å². The summed E-state index contributed by atoms with van der Waals surface area (Å²) in [7, 11) is 0. The molecule has 3 nitrogen and oxygen atoms in total. The van der Waals surface area contributed by atoms with Crippen LogP contribution in [0.4, 0.5) is 0 Å². The first-order chi connectivity index (χ1) is 6.92. The smallest absolute Gasteiger partial charge is 0.357 e. The lowest BCUT2D eigenvalue weighted by Gasteiger charge is -2.18. The highest BCUT2D eigenvalue weighted by Crippen LogP contribution is 2.11. The maximum atomic E-state index is 11.5. The Labute approximate surface area is 89.8 Å². The van der Waals surface area contributed by atoms with Gasteiger partial charge in [-0.1, -0.05) is 18.7 Å². The third kappa shape index (κ3) is 3.54. The Kier molecular flexibility index (Phi) is 3.24. The molecule has 0 unspecified atom stereocenters. The molecule has 0 saturated carbocycles. The first-order valence-corrected chi connectivity index (χ1v) is 4.74. The van der Waals surface area contributed by atoms with Gasteiger partial charge < -0.3 is 4.74 Å². The molecule has 0 spiro atoms. The largest absolute Gasteiger partial charge is 0.455 e. The van der Waals surface area contributed by atoms with Crippen molar-refractivity contribution in [2.45, 2.75) is 26.4 Å². The topological polar surface area (TPSA) is 39.2 Å². The molecule has 3 heteroatoms. The van der Waals surface area contributed by atoms with Crippen molar-refractivity contribution in [3.63, 3.8) is 0 Å². The zero-order valence-corrected chi connectivity index (χ0v) is 9.28. The zero-order chi connectivity index (χ0) is 11.5. The molecule has 80 valence electrons. The number of hydrogen-bond acceptors (Lipinski definition) is 3. The van der Waals surface area contributed by atoms with E-state index in [1.165, 1.54) is 0 Å². The van der Waals surface area contributed by atoms with E-state index in [1.54, 1.807) is 24.4 Å². The van der Waals surface area contributed by atoms with Gasteiger partial charge in [0, 0.05) is 6.20 Å². The van der Waals surface area contributed by atoms with Crippen LogP contribution in [0.1, 0.15) is 36.8 Å². The summed E-state index contributed by atoms with van der Waals surface area (Å²) in [5.74, 6) is -0.405. The van der Waals surface area contributed by atoms with Gasteiger partial charge in [0.2, 0.25) is 0 Å². The van der Waals surface area contributed by atoms with E-state index in [1.807, 2.05) is 20.8 Å². The molecule has 0 N–H and O–H groups in total. The van der Waals surface area contributed by atoms with Crippen LogP contribution < -0.4 is 0 Å². The molecule has 0 aromatic carbocycles. The van der Waals surface area contributed by atoms with Crippen LogP contribution in [0.5, 0.6) is 0 Å². The van der Waals surface area contributed by atoms with Crippen LogP contribution in [0.2, 0.25) is 0 Å². The molecule has 15 heavy (non-hydrogen) atoms. The molecule has 0 aliphatic heterocycles. The quantitative estimate of drug-likeness (QED) is 0.697. The summed E-state index contributed by atoms with van der Waals surface area (Å²) in [6.45, 7) is 9.08. The second-order valence-electron chi connectivity index (χ2n) is 4.18. The fourth-order valence-electron chi connectivity index (χ4n) is 0.977. The second kappa shape index (κ2) is 4.26. The number of carbonyl (C=O) groups is 1. The highest BCUT2D eigenvalue weighted by molar-refractivity contribution is 5.87. The molecule has 0 radical (unpaired) electrons. The molecule has 1 heterocycles. The minimum Gasteiger partial charge on any atom is -0.455 e. The first-order valence-electron chi connectivity index (χ1n) is 4.74. The maximum Gasteiger partial charge on any atom is 0.357 e. The van der Waals surface area contributed by atoms with Gasteiger partial charge in [-0.25, -0.2) is 9.78 Å². The predicted octanol–water partition coefficient (Wildman–Crippen LogP) is 2.68. The Morgan fingerprint density at radius 1 is 1.47 bits per heavy atom. The first kappa shape index (κ1) is 11.4. The van der Waals surface area contributed by atoms with Crippen molar-refractivity contribution in [3.8, 4) is 0 Å². The van der Waals surface area contributed by atoms with Gasteiger partial charge in [-0.3, -0.25) is 0 Å². The van der Waals surface area contributed by atoms with Crippen molar-refractivity contribution in [1.29, 1.82) is 0 Å². The monoisotopic (exact) mass is 205 g/mol. The number of ether oxygens (including phenoxy) is 1. The van der Waals surface area contributed by atoms with E-state index in [4.69, 9.17) is 4.74 Å². The van der Waals surface area contributed by atoms with E-state index in [9.17, 15) is 4.79 Å². The van der Waals surface area contributed by atoms with Gasteiger partial charge in [-0.15, -0.1) is 0 Å². The minimum atomic E-state index is -0.490. The van der Waals surface area contributed by atoms with Crippen LogP contribution in [-0.4, -0.2) is 16.6 Å². The van der Waals surface area contributed by atoms with Crippen LogP contribution in [0.15, 0.2) is 24.9 Å². The number of nitrogens with zero attached hydrogens (tertiary/aromatic N) is 1. The van der Waals surface area contributed by atoms with Gasteiger partial charge in [0.15, 0.2) is 0 Å². The minimum absolute atomic E-state index is 0.315. The molecule has 0 atom stereocenters. The third-order valence-electron chi connectivity index (χ3n) is 1.63. The summed E-state index contributed by atoms with van der Waals surface area (Å²) in [5.41, 5.74) is 0.702. The van der Waals surface area contributed by atoms with Crippen molar-refractivity contribution in [2.24, 2.45) is 0 Å². The van der Waals surface area contributed by atoms with E-state index < -0.39 is 11.6 Å². The molecule has 0 fully saturated rings. The molecule has 1 rings (SSSR count). The van der Waals surface area contributed by atoms with E-state index in [-0.39, 0.29) is 0 Å². The molecule has 0 aliphatic rings. The molecule has 1 aromatic heterocycles. The Bertz CT molecular complexity index is 360. The van der Waals surface area contributed by atoms with E-state index in [0.29, 0.717) is 5.69 Å². The van der Waals surface area contributed by atoms with Gasteiger partial charge in [-0.2, -0.15) is 0 Å². The van der Waals surface area contributed by atoms with Crippen LogP contribution in [0.25, 0.3) is 6.08 Å². The summed E-state index contributed by atoms with van der Waals surface area (Å²) in [4.78, 5) is 15.5. The average Bonchev–Trinajstić information content (AvgIpc) is 2.15. The van der Waals surface area contributed by atoms with Crippen molar-refractivity contribution >= 4 is 12.0 Å². The number of hydrogen-bond donors (Lipinski definition) is 0. The molecule has 0 bridgehead atoms. The Morgan fingerprint density at radius 2 is 2.13 bits per heavy atom. The van der Waals surface area contributed by atoms with Crippen molar-refractivity contribution < 1.29 is 9.53 Å². The molecule has 0 aliphatic carbocycles. The predicted molar refractivity (Wildman–Crippen MR) is 59.5 cm³/mol. The highest BCUT2D eigenvalue weighted by Gasteiger charge is 2.18. The Hall–Kier alpha value is -1.64. The van der Waals surface area contributed by atoms with Gasteiger partial charge in [0.25, 0.3) is 0 Å².